The molecular formula is C12H20N2S. The van der Waals surface area contributed by atoms with Crippen LogP contribution in [0, 0.1) is 13.8 Å². The number of nitrogens with two attached hydrogens (primary N) is 1. The number of aryl methyl sites for hydroxylation is 2. The second-order valence-corrected chi connectivity index (χ2v) is 5.85. The Kier molecular flexibility index (Phi) is 3.14. The molecule has 2 unspecified atom stereocenters. The zero-order valence-electron chi connectivity index (χ0n) is 9.79. The number of likely N-dealkylation sites (tertiary alicyclic amines) is 1. The summed E-state index contributed by atoms with van der Waals surface area (Å²) in [6.45, 7) is 8.87. The predicted molar refractivity (Wildman–Crippen MR) is 66.4 cm³/mol. The maximum atomic E-state index is 6.22. The van der Waals surface area contributed by atoms with Crippen molar-refractivity contribution < 1.29 is 0 Å². The fourth-order valence-corrected chi connectivity index (χ4v) is 3.58. The summed E-state index contributed by atoms with van der Waals surface area (Å²) in [6.07, 6.45) is 1.13. The van der Waals surface area contributed by atoms with E-state index in [1.165, 1.54) is 15.3 Å². The first-order chi connectivity index (χ1) is 7.13. The van der Waals surface area contributed by atoms with Crippen LogP contribution in [0.25, 0.3) is 0 Å². The van der Waals surface area contributed by atoms with Crippen LogP contribution in [-0.2, 0) is 0 Å². The van der Waals surface area contributed by atoms with Gasteiger partial charge in [-0.2, -0.15) is 0 Å². The molecular weight excluding hydrogens is 204 g/mol. The van der Waals surface area contributed by atoms with Gasteiger partial charge in [-0.3, -0.25) is 4.90 Å². The van der Waals surface area contributed by atoms with E-state index in [0.29, 0.717) is 12.1 Å². The molecule has 1 aliphatic heterocycles. The highest BCUT2D eigenvalue weighted by molar-refractivity contribution is 7.12. The van der Waals surface area contributed by atoms with Gasteiger partial charge in [-0.05, 0) is 38.4 Å². The van der Waals surface area contributed by atoms with Gasteiger partial charge in [0.2, 0.25) is 0 Å². The highest BCUT2D eigenvalue weighted by Crippen LogP contribution is 2.36. The van der Waals surface area contributed by atoms with Gasteiger partial charge in [0.05, 0.1) is 6.04 Å². The van der Waals surface area contributed by atoms with Gasteiger partial charge in [0.25, 0.3) is 0 Å². The molecule has 0 aromatic carbocycles. The fourth-order valence-electron chi connectivity index (χ4n) is 2.61. The molecule has 2 nitrogen and oxygen atoms in total. The van der Waals surface area contributed by atoms with Crippen molar-refractivity contribution in [2.45, 2.75) is 39.3 Å². The molecule has 0 bridgehead atoms. The van der Waals surface area contributed by atoms with Crippen LogP contribution in [0.4, 0.5) is 0 Å². The Labute approximate surface area is 96.1 Å². The standard InChI is InChI=1S/C12H20N2S/c1-4-14-6-5-11(13)12(14)10-7-8(2)15-9(10)3/h7,11-12H,4-6,13H2,1-3H3. The second kappa shape index (κ2) is 4.24. The molecule has 2 rings (SSSR count). The molecule has 0 spiro atoms. The lowest BCUT2D eigenvalue weighted by Crippen LogP contribution is -2.31. The lowest BCUT2D eigenvalue weighted by Gasteiger charge is -2.25. The Hall–Kier alpha value is -0.380. The van der Waals surface area contributed by atoms with Crippen LogP contribution in [0.1, 0.15) is 34.7 Å². The van der Waals surface area contributed by atoms with Crippen molar-refractivity contribution in [3.05, 3.63) is 21.4 Å². The summed E-state index contributed by atoms with van der Waals surface area (Å²) >= 11 is 1.89. The molecule has 1 aromatic heterocycles. The average molecular weight is 224 g/mol. The SMILES string of the molecule is CCN1CCC(N)C1c1cc(C)sc1C. The Bertz CT molecular complexity index is 345. The zero-order valence-corrected chi connectivity index (χ0v) is 10.6. The quantitative estimate of drug-likeness (QED) is 0.836. The number of rotatable bonds is 2. The van der Waals surface area contributed by atoms with Crippen LogP contribution in [-0.4, -0.2) is 24.0 Å². The van der Waals surface area contributed by atoms with Crippen LogP contribution in [0.15, 0.2) is 6.07 Å². The van der Waals surface area contributed by atoms with E-state index in [4.69, 9.17) is 5.73 Å². The molecule has 2 heterocycles. The topological polar surface area (TPSA) is 29.3 Å². The zero-order chi connectivity index (χ0) is 11.0. The average Bonchev–Trinajstić information content (AvgIpc) is 2.69. The van der Waals surface area contributed by atoms with E-state index in [2.05, 4.69) is 31.7 Å². The Morgan fingerprint density at radius 1 is 1.53 bits per heavy atom. The van der Waals surface area contributed by atoms with Crippen LogP contribution >= 0.6 is 11.3 Å². The molecule has 3 heteroatoms. The van der Waals surface area contributed by atoms with Crippen molar-refractivity contribution >= 4 is 11.3 Å². The summed E-state index contributed by atoms with van der Waals surface area (Å²) in [5.41, 5.74) is 7.68. The number of likely N-dealkylation sites (N-methyl/N-ethyl adjacent to an activating group) is 1. The lowest BCUT2D eigenvalue weighted by atomic mass is 10.0. The van der Waals surface area contributed by atoms with Crippen molar-refractivity contribution in [2.24, 2.45) is 5.73 Å². The third-order valence-electron chi connectivity index (χ3n) is 3.35. The van der Waals surface area contributed by atoms with E-state index in [1.54, 1.807) is 0 Å². The molecule has 2 N–H and O–H groups in total. The van der Waals surface area contributed by atoms with Crippen LogP contribution in [0.5, 0.6) is 0 Å². The van der Waals surface area contributed by atoms with Crippen LogP contribution in [0.2, 0.25) is 0 Å². The Morgan fingerprint density at radius 3 is 2.80 bits per heavy atom. The number of nitrogens with zero attached hydrogens (tertiary/aromatic N) is 1. The van der Waals surface area contributed by atoms with Gasteiger partial charge in [0, 0.05) is 22.3 Å². The van der Waals surface area contributed by atoms with Crippen LogP contribution in [0.3, 0.4) is 0 Å². The molecule has 1 fully saturated rings. The van der Waals surface area contributed by atoms with Crippen LogP contribution < -0.4 is 5.73 Å². The number of thiophene rings is 1. The first kappa shape index (κ1) is 11.1. The molecule has 0 radical (unpaired) electrons. The lowest BCUT2D eigenvalue weighted by molar-refractivity contribution is 0.261. The van der Waals surface area contributed by atoms with Crippen molar-refractivity contribution in [3.63, 3.8) is 0 Å². The summed E-state index contributed by atoms with van der Waals surface area (Å²) in [6, 6.07) is 3.09. The van der Waals surface area contributed by atoms with Gasteiger partial charge in [0.1, 0.15) is 0 Å². The summed E-state index contributed by atoms with van der Waals surface area (Å²) in [7, 11) is 0. The summed E-state index contributed by atoms with van der Waals surface area (Å²) in [4.78, 5) is 5.34. The summed E-state index contributed by atoms with van der Waals surface area (Å²) < 4.78 is 0. The normalized spacial score (nSPS) is 27.5. The van der Waals surface area contributed by atoms with E-state index in [9.17, 15) is 0 Å². The number of hydrogen-bond donors (Lipinski definition) is 1. The van der Waals surface area contributed by atoms with Gasteiger partial charge in [-0.1, -0.05) is 6.92 Å². The van der Waals surface area contributed by atoms with Gasteiger partial charge >= 0.3 is 0 Å². The number of hydrogen-bond acceptors (Lipinski definition) is 3. The first-order valence-corrected chi connectivity index (χ1v) is 6.51. The monoisotopic (exact) mass is 224 g/mol. The van der Waals surface area contributed by atoms with Gasteiger partial charge in [0.15, 0.2) is 0 Å². The highest BCUT2D eigenvalue weighted by Gasteiger charge is 2.33. The van der Waals surface area contributed by atoms with E-state index in [0.717, 1.165) is 19.5 Å². The first-order valence-electron chi connectivity index (χ1n) is 5.70. The molecule has 15 heavy (non-hydrogen) atoms. The molecule has 1 saturated heterocycles. The van der Waals surface area contributed by atoms with E-state index < -0.39 is 0 Å². The maximum Gasteiger partial charge on any atom is 0.0510 e. The van der Waals surface area contributed by atoms with E-state index in [-0.39, 0.29) is 0 Å². The van der Waals surface area contributed by atoms with Crippen molar-refractivity contribution in [2.75, 3.05) is 13.1 Å². The highest BCUT2D eigenvalue weighted by atomic mass is 32.1. The minimum Gasteiger partial charge on any atom is -0.326 e. The fraction of sp³-hybridized carbons (Fsp3) is 0.667. The molecule has 2 atom stereocenters. The van der Waals surface area contributed by atoms with E-state index in [1.807, 2.05) is 11.3 Å². The van der Waals surface area contributed by atoms with Crippen molar-refractivity contribution in [1.29, 1.82) is 0 Å². The predicted octanol–water partition coefficient (Wildman–Crippen LogP) is 2.46. The Balaban J connectivity index is 2.31. The molecule has 0 amide bonds. The van der Waals surface area contributed by atoms with Crippen molar-refractivity contribution in [3.8, 4) is 0 Å². The molecule has 0 aliphatic carbocycles. The molecule has 84 valence electrons. The molecule has 1 aliphatic rings. The summed E-state index contributed by atoms with van der Waals surface area (Å²) in [5.74, 6) is 0. The smallest absolute Gasteiger partial charge is 0.0510 e. The van der Waals surface area contributed by atoms with E-state index >= 15 is 0 Å². The molecule has 0 saturated carbocycles. The van der Waals surface area contributed by atoms with Gasteiger partial charge < -0.3 is 5.73 Å². The van der Waals surface area contributed by atoms with Crippen molar-refractivity contribution in [1.82, 2.24) is 4.90 Å². The largest absolute Gasteiger partial charge is 0.326 e. The second-order valence-electron chi connectivity index (χ2n) is 4.39. The maximum absolute atomic E-state index is 6.22. The minimum atomic E-state index is 0.317. The summed E-state index contributed by atoms with van der Waals surface area (Å²) in [5, 5.41) is 0. The third kappa shape index (κ3) is 1.96. The van der Waals surface area contributed by atoms with Gasteiger partial charge in [-0.25, -0.2) is 0 Å². The molecule has 1 aromatic rings. The minimum absolute atomic E-state index is 0.317. The Morgan fingerprint density at radius 2 is 2.27 bits per heavy atom. The van der Waals surface area contributed by atoms with Gasteiger partial charge in [-0.15, -0.1) is 11.3 Å². The third-order valence-corrected chi connectivity index (χ3v) is 4.33.